The average Bonchev–Trinajstić information content (AvgIpc) is 2.33. The predicted molar refractivity (Wildman–Crippen MR) is 77.4 cm³/mol. The zero-order valence-electron chi connectivity index (χ0n) is 13.2. The summed E-state index contributed by atoms with van der Waals surface area (Å²) in [7, 11) is 0. The molecule has 1 fully saturated rings. The molecular formula is C16H25NO3. The summed E-state index contributed by atoms with van der Waals surface area (Å²) in [5, 5.41) is 11.9. The van der Waals surface area contributed by atoms with Gasteiger partial charge in [0, 0.05) is 0 Å². The van der Waals surface area contributed by atoms with Gasteiger partial charge in [0.15, 0.2) is 0 Å². The molecule has 4 nitrogen and oxygen atoms in total. The van der Waals surface area contributed by atoms with E-state index >= 15 is 0 Å². The Morgan fingerprint density at radius 1 is 1.15 bits per heavy atom. The van der Waals surface area contributed by atoms with Crippen molar-refractivity contribution in [3.8, 4) is 0 Å². The van der Waals surface area contributed by atoms with Crippen molar-refractivity contribution in [3.05, 3.63) is 34.8 Å². The average molecular weight is 279 g/mol. The molecule has 0 aromatic carbocycles. The van der Waals surface area contributed by atoms with Crippen molar-refractivity contribution in [2.75, 3.05) is 26.2 Å². The van der Waals surface area contributed by atoms with Crippen LogP contribution in [0.1, 0.15) is 34.6 Å². The summed E-state index contributed by atoms with van der Waals surface area (Å²) in [4.78, 5) is 12.0. The van der Waals surface area contributed by atoms with E-state index in [4.69, 9.17) is 4.74 Å². The number of allylic oxidation sites excluding steroid dienone is 3. The first kappa shape index (κ1) is 16.5. The van der Waals surface area contributed by atoms with Gasteiger partial charge in [-0.25, -0.2) is 4.79 Å². The molecule has 0 radical (unpaired) electrons. The number of ether oxygens (including phenoxy) is 1. The molecule has 1 rings (SSSR count). The Kier molecular flexibility index (Phi) is 5.57. The van der Waals surface area contributed by atoms with E-state index in [0.29, 0.717) is 30.7 Å². The predicted octanol–water partition coefficient (Wildman–Crippen LogP) is 1.88. The Bertz CT molecular complexity index is 440. The van der Waals surface area contributed by atoms with E-state index in [2.05, 4.69) is 12.2 Å². The van der Waals surface area contributed by atoms with Gasteiger partial charge in [0.25, 0.3) is 0 Å². The lowest BCUT2D eigenvalue weighted by molar-refractivity contribution is -0.883. The quantitative estimate of drug-likeness (QED) is 0.259. The number of hydrogen-bond acceptors (Lipinski definition) is 3. The van der Waals surface area contributed by atoms with E-state index in [9.17, 15) is 9.90 Å². The van der Waals surface area contributed by atoms with E-state index in [-0.39, 0.29) is 11.5 Å². The van der Waals surface area contributed by atoms with E-state index in [1.807, 2.05) is 27.7 Å². The van der Waals surface area contributed by atoms with E-state index in [0.717, 1.165) is 0 Å². The lowest BCUT2D eigenvalue weighted by Crippen LogP contribution is -2.56. The molecule has 0 aliphatic carbocycles. The molecule has 1 aliphatic heterocycles. The second kappa shape index (κ2) is 6.75. The van der Waals surface area contributed by atoms with Crippen LogP contribution >= 0.6 is 0 Å². The Hall–Kier alpha value is -1.55. The largest absolute Gasteiger partial charge is 0.871 e. The number of carbonyl (C=O) groups is 1. The minimum atomic E-state index is -0.465. The van der Waals surface area contributed by atoms with Crippen molar-refractivity contribution in [2.24, 2.45) is 0 Å². The van der Waals surface area contributed by atoms with Gasteiger partial charge < -0.3 is 9.84 Å². The number of cyclic esters (lactones) is 1. The first-order valence-corrected chi connectivity index (χ1v) is 6.97. The molecule has 112 valence electrons. The maximum Gasteiger partial charge on any atom is 0.392 e. The smallest absolute Gasteiger partial charge is 0.392 e. The summed E-state index contributed by atoms with van der Waals surface area (Å²) < 4.78 is 5.43. The maximum atomic E-state index is 12.0. The normalized spacial score (nSPS) is 19.9. The van der Waals surface area contributed by atoms with Gasteiger partial charge >= 0.3 is 5.97 Å². The minimum Gasteiger partial charge on any atom is -0.871 e. The van der Waals surface area contributed by atoms with Gasteiger partial charge in [0.05, 0.1) is 0 Å². The van der Waals surface area contributed by atoms with Crippen LogP contribution in [0.3, 0.4) is 0 Å². The van der Waals surface area contributed by atoms with E-state index < -0.39 is 5.97 Å². The highest BCUT2D eigenvalue weighted by molar-refractivity contribution is 5.86. The molecule has 0 N–H and O–H groups in total. The number of rotatable bonds is 4. The molecule has 0 aromatic heterocycles. The van der Waals surface area contributed by atoms with Gasteiger partial charge in [-0.1, -0.05) is 16.9 Å². The van der Waals surface area contributed by atoms with Crippen molar-refractivity contribution in [3.63, 3.8) is 0 Å². The van der Waals surface area contributed by atoms with Gasteiger partial charge in [-0.2, -0.15) is 0 Å². The molecule has 0 saturated carbocycles. The summed E-state index contributed by atoms with van der Waals surface area (Å²) in [5.74, 6) is -0.660. The maximum absolute atomic E-state index is 12.0. The Morgan fingerprint density at radius 2 is 1.65 bits per heavy atom. The fourth-order valence-corrected chi connectivity index (χ4v) is 2.32. The van der Waals surface area contributed by atoms with Crippen LogP contribution in [-0.2, 0) is 9.53 Å². The van der Waals surface area contributed by atoms with Crippen LogP contribution in [0.25, 0.3) is 0 Å². The number of quaternary nitrogens is 1. The van der Waals surface area contributed by atoms with Gasteiger partial charge in [-0.3, -0.25) is 4.48 Å². The zero-order chi connectivity index (χ0) is 15.3. The SMILES string of the molecule is CC(C)=CC[N+]1(CC=C(C)C)CCOC(=O)/C1=C(\C)[O-]. The van der Waals surface area contributed by atoms with Crippen molar-refractivity contribution in [2.45, 2.75) is 34.6 Å². The first-order valence-electron chi connectivity index (χ1n) is 6.97. The lowest BCUT2D eigenvalue weighted by atomic mass is 10.1. The third-order valence-electron chi connectivity index (χ3n) is 3.45. The van der Waals surface area contributed by atoms with Crippen molar-refractivity contribution in [1.29, 1.82) is 0 Å². The van der Waals surface area contributed by atoms with Crippen LogP contribution in [0.4, 0.5) is 0 Å². The van der Waals surface area contributed by atoms with Gasteiger partial charge in [-0.15, -0.1) is 0 Å². The Balaban J connectivity index is 3.25. The molecule has 0 amide bonds. The summed E-state index contributed by atoms with van der Waals surface area (Å²) in [6.07, 6.45) is 4.17. The van der Waals surface area contributed by atoms with Crippen LogP contribution in [0.15, 0.2) is 34.8 Å². The fourth-order valence-electron chi connectivity index (χ4n) is 2.32. The topological polar surface area (TPSA) is 49.4 Å². The Labute approximate surface area is 121 Å². The van der Waals surface area contributed by atoms with E-state index in [1.165, 1.54) is 18.1 Å². The molecule has 0 atom stereocenters. The molecule has 20 heavy (non-hydrogen) atoms. The molecule has 0 aromatic rings. The van der Waals surface area contributed by atoms with Crippen LogP contribution in [0, 0.1) is 0 Å². The highest BCUT2D eigenvalue weighted by Gasteiger charge is 2.40. The molecule has 1 heterocycles. The van der Waals surface area contributed by atoms with Crippen LogP contribution < -0.4 is 5.11 Å². The standard InChI is InChI=1S/C16H25NO3/c1-12(2)6-8-17(9-7-13(3)4)10-11-20-16(19)15(17)14(5)18/h6-7H,8-11H2,1-5H3. The zero-order valence-corrected chi connectivity index (χ0v) is 13.2. The summed E-state index contributed by atoms with van der Waals surface area (Å²) >= 11 is 0. The second-order valence-corrected chi connectivity index (χ2v) is 5.84. The number of morpholine rings is 1. The third kappa shape index (κ3) is 3.97. The highest BCUT2D eigenvalue weighted by Crippen LogP contribution is 2.26. The van der Waals surface area contributed by atoms with Crippen LogP contribution in [-0.4, -0.2) is 36.7 Å². The van der Waals surface area contributed by atoms with Crippen LogP contribution in [0.5, 0.6) is 0 Å². The minimum absolute atomic E-state index is 0.195. The molecule has 0 bridgehead atoms. The van der Waals surface area contributed by atoms with Crippen molar-refractivity contribution in [1.82, 2.24) is 0 Å². The van der Waals surface area contributed by atoms with Gasteiger partial charge in [0.1, 0.15) is 26.2 Å². The van der Waals surface area contributed by atoms with Crippen LogP contribution in [0.2, 0.25) is 0 Å². The highest BCUT2D eigenvalue weighted by atomic mass is 16.5. The molecule has 0 unspecified atom stereocenters. The monoisotopic (exact) mass is 279 g/mol. The molecular weight excluding hydrogens is 254 g/mol. The summed E-state index contributed by atoms with van der Waals surface area (Å²) in [5.41, 5.74) is 2.63. The number of nitrogens with zero attached hydrogens (tertiary/aromatic N) is 1. The van der Waals surface area contributed by atoms with Gasteiger partial charge in [-0.05, 0) is 46.8 Å². The second-order valence-electron chi connectivity index (χ2n) is 5.84. The number of esters is 1. The van der Waals surface area contributed by atoms with E-state index in [1.54, 1.807) is 0 Å². The third-order valence-corrected chi connectivity index (χ3v) is 3.45. The fraction of sp³-hybridized carbons (Fsp3) is 0.562. The first-order chi connectivity index (χ1) is 9.28. The number of hydrogen-bond donors (Lipinski definition) is 0. The summed E-state index contributed by atoms with van der Waals surface area (Å²) in [6, 6.07) is 0. The molecule has 4 heteroatoms. The van der Waals surface area contributed by atoms with Crippen molar-refractivity contribution < 1.29 is 19.1 Å². The molecule has 1 saturated heterocycles. The lowest BCUT2D eigenvalue weighted by Gasteiger charge is -2.42. The summed E-state index contributed by atoms with van der Waals surface area (Å²) in [6.45, 7) is 11.8. The molecule has 0 spiro atoms. The molecule has 1 aliphatic rings. The van der Waals surface area contributed by atoms with Crippen molar-refractivity contribution >= 4 is 5.97 Å². The number of carbonyl (C=O) groups excluding carboxylic acids is 1. The van der Waals surface area contributed by atoms with Gasteiger partial charge in [0.2, 0.25) is 5.70 Å². The Morgan fingerprint density at radius 3 is 2.05 bits per heavy atom.